The molecule has 0 aliphatic heterocycles. The third kappa shape index (κ3) is 3.00. The van der Waals surface area contributed by atoms with Gasteiger partial charge in [-0.1, -0.05) is 0 Å². The Kier molecular flexibility index (Phi) is 4.70. The first-order valence-corrected chi connectivity index (χ1v) is 6.19. The van der Waals surface area contributed by atoms with Crippen LogP contribution in [-0.2, 0) is 9.47 Å². The van der Waals surface area contributed by atoms with Gasteiger partial charge in [0.25, 0.3) is 0 Å². The number of hydrogen-bond acceptors (Lipinski definition) is 4. The predicted molar refractivity (Wildman–Crippen MR) is 64.7 cm³/mol. The average molecular weight is 229 g/mol. The molecule has 0 saturated carbocycles. The van der Waals surface area contributed by atoms with Crippen molar-refractivity contribution in [3.63, 3.8) is 0 Å². The second-order valence-corrected chi connectivity index (χ2v) is 4.57. The Labute approximate surface area is 95.7 Å². The Morgan fingerprint density at radius 2 is 2.27 bits per heavy atom. The number of allylic oxidation sites excluding steroid dienone is 1. The van der Waals surface area contributed by atoms with Crippen LogP contribution >= 0.6 is 11.8 Å². The normalized spacial score (nSPS) is 25.9. The molecule has 1 atom stereocenters. The Bertz CT molecular complexity index is 270. The maximum absolute atomic E-state index is 5.56. The smallest absolute Gasteiger partial charge is 0.139 e. The predicted octanol–water partition coefficient (Wildman–Crippen LogP) is 1.90. The highest BCUT2D eigenvalue weighted by Crippen LogP contribution is 2.38. The van der Waals surface area contributed by atoms with Gasteiger partial charge in [0.1, 0.15) is 4.93 Å². The van der Waals surface area contributed by atoms with E-state index in [0.717, 1.165) is 18.6 Å². The molecule has 0 bridgehead atoms. The van der Waals surface area contributed by atoms with Crippen LogP contribution in [0.3, 0.4) is 0 Å². The Hall–Kier alpha value is -0.450. The third-order valence-corrected chi connectivity index (χ3v) is 3.68. The lowest BCUT2D eigenvalue weighted by molar-refractivity contribution is 0.0932. The molecule has 1 unspecified atom stereocenters. The molecule has 0 saturated heterocycles. The summed E-state index contributed by atoms with van der Waals surface area (Å²) in [7, 11) is 3.42. The maximum Gasteiger partial charge on any atom is 0.139 e. The van der Waals surface area contributed by atoms with Gasteiger partial charge in [-0.05, 0) is 36.9 Å². The minimum Gasteiger partial charge on any atom is -0.501 e. The van der Waals surface area contributed by atoms with Crippen LogP contribution in [0.4, 0.5) is 0 Å². The molecular formula is C11H19NO2S. The zero-order chi connectivity index (χ0) is 11.3. The van der Waals surface area contributed by atoms with E-state index in [4.69, 9.17) is 15.2 Å². The Balaban J connectivity index is 2.91. The minimum absolute atomic E-state index is 0.287. The van der Waals surface area contributed by atoms with Crippen LogP contribution in [0.15, 0.2) is 23.5 Å². The molecule has 4 heteroatoms. The van der Waals surface area contributed by atoms with Crippen LogP contribution in [-0.4, -0.2) is 32.0 Å². The summed E-state index contributed by atoms with van der Waals surface area (Å²) in [5, 5.41) is 0. The van der Waals surface area contributed by atoms with Gasteiger partial charge in [0.05, 0.1) is 12.9 Å². The summed E-state index contributed by atoms with van der Waals surface area (Å²) in [4.78, 5) is -0.287. The molecule has 0 radical (unpaired) electrons. The monoisotopic (exact) mass is 229 g/mol. The van der Waals surface area contributed by atoms with Crippen LogP contribution in [0.2, 0.25) is 0 Å². The molecular weight excluding hydrogens is 210 g/mol. The van der Waals surface area contributed by atoms with Crippen LogP contribution in [0.1, 0.15) is 12.8 Å². The van der Waals surface area contributed by atoms with Crippen molar-refractivity contribution in [1.29, 1.82) is 0 Å². The molecule has 2 N–H and O–H groups in total. The van der Waals surface area contributed by atoms with Crippen LogP contribution in [0.25, 0.3) is 0 Å². The van der Waals surface area contributed by atoms with Crippen LogP contribution in [0.5, 0.6) is 0 Å². The zero-order valence-electron chi connectivity index (χ0n) is 9.58. The van der Waals surface area contributed by atoms with E-state index >= 15 is 0 Å². The lowest BCUT2D eigenvalue weighted by atomic mass is 10.00. The van der Waals surface area contributed by atoms with Gasteiger partial charge in [0, 0.05) is 13.5 Å². The van der Waals surface area contributed by atoms with E-state index in [1.165, 1.54) is 5.57 Å². The fourth-order valence-electron chi connectivity index (χ4n) is 1.66. The van der Waals surface area contributed by atoms with Gasteiger partial charge in [0.15, 0.2) is 0 Å². The molecule has 0 fully saturated rings. The van der Waals surface area contributed by atoms with Crippen molar-refractivity contribution in [3.8, 4) is 0 Å². The first-order chi connectivity index (χ1) is 7.19. The van der Waals surface area contributed by atoms with E-state index in [1.54, 1.807) is 26.0 Å². The summed E-state index contributed by atoms with van der Waals surface area (Å²) < 4.78 is 10.9. The summed E-state index contributed by atoms with van der Waals surface area (Å²) in [6.45, 7) is 0.646. The van der Waals surface area contributed by atoms with Crippen molar-refractivity contribution >= 4 is 11.8 Å². The van der Waals surface area contributed by atoms with Crippen molar-refractivity contribution in [2.24, 2.45) is 5.73 Å². The van der Waals surface area contributed by atoms with E-state index in [0.29, 0.717) is 6.54 Å². The number of methoxy groups -OCH3 is 2. The van der Waals surface area contributed by atoms with E-state index in [2.05, 4.69) is 12.2 Å². The number of hydrogen-bond donors (Lipinski definition) is 1. The molecule has 86 valence electrons. The molecule has 0 aromatic rings. The van der Waals surface area contributed by atoms with E-state index in [9.17, 15) is 0 Å². The zero-order valence-corrected chi connectivity index (χ0v) is 10.4. The average Bonchev–Trinajstić information content (AvgIpc) is 2.29. The Morgan fingerprint density at radius 3 is 2.73 bits per heavy atom. The topological polar surface area (TPSA) is 44.5 Å². The molecule has 1 aliphatic carbocycles. The molecule has 0 spiro atoms. The van der Waals surface area contributed by atoms with Gasteiger partial charge >= 0.3 is 0 Å². The quantitative estimate of drug-likeness (QED) is 0.731. The first-order valence-electron chi connectivity index (χ1n) is 4.96. The largest absolute Gasteiger partial charge is 0.501 e. The first kappa shape index (κ1) is 12.6. The molecule has 15 heavy (non-hydrogen) atoms. The van der Waals surface area contributed by atoms with Crippen molar-refractivity contribution in [2.45, 2.75) is 17.8 Å². The lowest BCUT2D eigenvalue weighted by Crippen LogP contribution is -2.28. The summed E-state index contributed by atoms with van der Waals surface area (Å²) in [5.74, 6) is 0.956. The van der Waals surface area contributed by atoms with Crippen LogP contribution < -0.4 is 5.73 Å². The molecule has 1 rings (SSSR count). The van der Waals surface area contributed by atoms with Gasteiger partial charge in [-0.2, -0.15) is 0 Å². The second-order valence-electron chi connectivity index (χ2n) is 3.47. The van der Waals surface area contributed by atoms with E-state index in [-0.39, 0.29) is 4.93 Å². The fourth-order valence-corrected chi connectivity index (χ4v) is 2.39. The van der Waals surface area contributed by atoms with Gasteiger partial charge in [-0.3, -0.25) is 0 Å². The summed E-state index contributed by atoms with van der Waals surface area (Å²) >= 11 is 1.68. The molecule has 0 aromatic carbocycles. The summed E-state index contributed by atoms with van der Waals surface area (Å²) in [6.07, 6.45) is 7.87. The SMILES string of the molecule is COC1=CC(CCN)=CC(OC)(SC)C1. The Morgan fingerprint density at radius 1 is 1.53 bits per heavy atom. The lowest BCUT2D eigenvalue weighted by Gasteiger charge is -2.31. The molecule has 3 nitrogen and oxygen atoms in total. The number of ether oxygens (including phenoxy) is 2. The van der Waals surface area contributed by atoms with Gasteiger partial charge in [0.2, 0.25) is 0 Å². The minimum atomic E-state index is -0.287. The standard InChI is InChI=1S/C11H19NO2S/c1-13-10-6-9(4-5-12)7-11(8-10,14-2)15-3/h6-7H,4-5,8,12H2,1-3H3. The molecule has 1 aliphatic rings. The number of rotatable bonds is 5. The summed E-state index contributed by atoms with van der Waals surface area (Å²) in [6, 6.07) is 0. The summed E-state index contributed by atoms with van der Waals surface area (Å²) in [5.41, 5.74) is 6.75. The molecule has 0 amide bonds. The number of thioether (sulfide) groups is 1. The van der Waals surface area contributed by atoms with Crippen molar-refractivity contribution < 1.29 is 9.47 Å². The van der Waals surface area contributed by atoms with Crippen molar-refractivity contribution in [3.05, 3.63) is 23.5 Å². The van der Waals surface area contributed by atoms with Crippen molar-refractivity contribution in [2.75, 3.05) is 27.0 Å². The highest BCUT2D eigenvalue weighted by molar-refractivity contribution is 8.00. The van der Waals surface area contributed by atoms with E-state index < -0.39 is 0 Å². The second kappa shape index (κ2) is 5.58. The highest BCUT2D eigenvalue weighted by Gasteiger charge is 2.31. The molecule has 0 aromatic heterocycles. The highest BCUT2D eigenvalue weighted by atomic mass is 32.2. The number of nitrogens with two attached hydrogens (primary N) is 1. The fraction of sp³-hybridized carbons (Fsp3) is 0.636. The van der Waals surface area contributed by atoms with Crippen LogP contribution in [0, 0.1) is 0 Å². The van der Waals surface area contributed by atoms with Gasteiger partial charge in [-0.15, -0.1) is 11.8 Å². The molecule has 0 heterocycles. The van der Waals surface area contributed by atoms with E-state index in [1.807, 2.05) is 6.26 Å². The van der Waals surface area contributed by atoms with Gasteiger partial charge in [-0.25, -0.2) is 0 Å². The van der Waals surface area contributed by atoms with Gasteiger partial charge < -0.3 is 15.2 Å². The van der Waals surface area contributed by atoms with Crippen molar-refractivity contribution in [1.82, 2.24) is 0 Å². The third-order valence-electron chi connectivity index (χ3n) is 2.56. The maximum atomic E-state index is 5.56.